The predicted molar refractivity (Wildman–Crippen MR) is 102 cm³/mol. The first-order chi connectivity index (χ1) is 12.2. The normalized spacial score (nSPS) is 20.0. The van der Waals surface area contributed by atoms with Crippen LogP contribution >= 0.6 is 11.6 Å². The Hall–Kier alpha value is -2.43. The van der Waals surface area contributed by atoms with Crippen LogP contribution in [-0.2, 0) is 0 Å². The number of nitrogens with two attached hydrogens (primary N) is 1. The van der Waals surface area contributed by atoms with Crippen LogP contribution in [0.2, 0.25) is 5.02 Å². The van der Waals surface area contributed by atoms with Crippen LogP contribution in [0.1, 0.15) is 11.5 Å². The van der Waals surface area contributed by atoms with Crippen LogP contribution in [0.5, 0.6) is 0 Å². The lowest BCUT2D eigenvalue weighted by Crippen LogP contribution is -2.29. The van der Waals surface area contributed by atoms with Crippen molar-refractivity contribution >= 4 is 17.4 Å². The number of benzene rings is 2. The Balaban J connectivity index is 1.60. The molecule has 2 atom stereocenters. The molecule has 0 bridgehead atoms. The molecule has 0 amide bonds. The first-order valence-electron chi connectivity index (χ1n) is 8.34. The molecule has 2 aromatic carbocycles. The zero-order chi connectivity index (χ0) is 17.2. The largest absolute Gasteiger partial charge is 0.354 e. The molecule has 2 N–H and O–H groups in total. The highest BCUT2D eigenvalue weighted by Crippen LogP contribution is 2.30. The second-order valence-electron chi connectivity index (χ2n) is 6.36. The first kappa shape index (κ1) is 16.1. The van der Waals surface area contributed by atoms with Crippen LogP contribution in [0.25, 0.3) is 11.3 Å². The van der Waals surface area contributed by atoms with E-state index in [9.17, 15) is 0 Å². The summed E-state index contributed by atoms with van der Waals surface area (Å²) in [4.78, 5) is 11.1. The monoisotopic (exact) mass is 350 g/mol. The van der Waals surface area contributed by atoms with Crippen molar-refractivity contribution in [2.24, 2.45) is 5.73 Å². The molecule has 1 saturated heterocycles. The molecule has 0 saturated carbocycles. The first-order valence-corrected chi connectivity index (χ1v) is 8.72. The van der Waals surface area contributed by atoms with Gasteiger partial charge in [0.25, 0.3) is 0 Å². The van der Waals surface area contributed by atoms with Gasteiger partial charge in [0.1, 0.15) is 12.1 Å². The molecule has 0 spiro atoms. The van der Waals surface area contributed by atoms with Crippen LogP contribution in [-0.4, -0.2) is 29.1 Å². The maximum atomic E-state index is 6.41. The number of aromatic nitrogens is 2. The molecule has 5 heteroatoms. The highest BCUT2D eigenvalue weighted by Gasteiger charge is 2.32. The summed E-state index contributed by atoms with van der Waals surface area (Å²) in [6.07, 6.45) is 1.60. The second kappa shape index (κ2) is 6.82. The van der Waals surface area contributed by atoms with E-state index in [4.69, 9.17) is 17.3 Å². The fourth-order valence-electron chi connectivity index (χ4n) is 3.39. The zero-order valence-electron chi connectivity index (χ0n) is 13.7. The van der Waals surface area contributed by atoms with Gasteiger partial charge in [-0.2, -0.15) is 0 Å². The van der Waals surface area contributed by atoms with Gasteiger partial charge in [-0.25, -0.2) is 9.97 Å². The number of hydrogen-bond donors (Lipinski definition) is 1. The van der Waals surface area contributed by atoms with Gasteiger partial charge in [0, 0.05) is 41.7 Å². The van der Waals surface area contributed by atoms with Gasteiger partial charge in [-0.1, -0.05) is 54.1 Å². The standard InChI is InChI=1S/C20H19ClN4/c21-16-8-4-7-15(9-16)19-10-20(24-13-23-19)25-11-17(18(22)12-25)14-5-2-1-3-6-14/h1-10,13,17-18H,11-12,22H2/t17-,18+/m1/s1. The minimum absolute atomic E-state index is 0.0898. The summed E-state index contributed by atoms with van der Waals surface area (Å²) >= 11 is 6.10. The smallest absolute Gasteiger partial charge is 0.132 e. The van der Waals surface area contributed by atoms with Gasteiger partial charge >= 0.3 is 0 Å². The molecule has 3 aromatic rings. The van der Waals surface area contributed by atoms with Gasteiger partial charge < -0.3 is 10.6 Å². The topological polar surface area (TPSA) is 55.0 Å². The number of halogens is 1. The molecule has 0 unspecified atom stereocenters. The molecule has 0 aliphatic carbocycles. The molecule has 4 nitrogen and oxygen atoms in total. The van der Waals surface area contributed by atoms with Gasteiger partial charge in [0.05, 0.1) is 5.69 Å². The molecular weight excluding hydrogens is 332 g/mol. The Bertz CT molecular complexity index is 868. The molecule has 4 rings (SSSR count). The van der Waals surface area contributed by atoms with E-state index in [0.717, 1.165) is 30.2 Å². The lowest BCUT2D eigenvalue weighted by Gasteiger charge is -2.18. The van der Waals surface area contributed by atoms with E-state index in [-0.39, 0.29) is 6.04 Å². The average Bonchev–Trinajstić information content (AvgIpc) is 3.04. The third kappa shape index (κ3) is 3.36. The summed E-state index contributed by atoms with van der Waals surface area (Å²) in [5.74, 6) is 1.21. The Kier molecular flexibility index (Phi) is 4.38. The van der Waals surface area contributed by atoms with Crippen LogP contribution in [0.15, 0.2) is 67.0 Å². The van der Waals surface area contributed by atoms with E-state index < -0.39 is 0 Å². The van der Waals surface area contributed by atoms with Gasteiger partial charge in [-0.15, -0.1) is 0 Å². The molecule has 25 heavy (non-hydrogen) atoms. The van der Waals surface area contributed by atoms with E-state index in [2.05, 4.69) is 39.1 Å². The molecule has 1 aromatic heterocycles. The van der Waals surface area contributed by atoms with Crippen molar-refractivity contribution < 1.29 is 0 Å². The molecule has 0 radical (unpaired) electrons. The third-order valence-corrected chi connectivity index (χ3v) is 4.92. The van der Waals surface area contributed by atoms with Crippen LogP contribution in [0.3, 0.4) is 0 Å². The number of rotatable bonds is 3. The Morgan fingerprint density at radius 3 is 2.60 bits per heavy atom. The summed E-state index contributed by atoms with van der Waals surface area (Å²) < 4.78 is 0. The molecule has 1 aliphatic heterocycles. The van der Waals surface area contributed by atoms with E-state index in [1.54, 1.807) is 6.33 Å². The Labute approximate surface area is 152 Å². The highest BCUT2D eigenvalue weighted by atomic mass is 35.5. The van der Waals surface area contributed by atoms with E-state index in [0.29, 0.717) is 10.9 Å². The summed E-state index contributed by atoms with van der Waals surface area (Å²) in [6.45, 7) is 1.64. The van der Waals surface area contributed by atoms with Crippen LogP contribution in [0.4, 0.5) is 5.82 Å². The van der Waals surface area contributed by atoms with Crippen molar-refractivity contribution in [3.05, 3.63) is 77.6 Å². The molecule has 2 heterocycles. The lowest BCUT2D eigenvalue weighted by atomic mass is 9.95. The maximum Gasteiger partial charge on any atom is 0.132 e. The predicted octanol–water partition coefficient (Wildman–Crippen LogP) is 3.73. The highest BCUT2D eigenvalue weighted by molar-refractivity contribution is 6.30. The van der Waals surface area contributed by atoms with Crippen molar-refractivity contribution in [1.82, 2.24) is 9.97 Å². The zero-order valence-corrected chi connectivity index (χ0v) is 14.5. The van der Waals surface area contributed by atoms with Crippen molar-refractivity contribution in [2.75, 3.05) is 18.0 Å². The summed E-state index contributed by atoms with van der Waals surface area (Å²) in [6, 6.07) is 20.2. The number of nitrogens with zero attached hydrogens (tertiary/aromatic N) is 3. The average molecular weight is 351 g/mol. The summed E-state index contributed by atoms with van der Waals surface area (Å²) in [5.41, 5.74) is 9.53. The fourth-order valence-corrected chi connectivity index (χ4v) is 3.58. The molecule has 1 aliphatic rings. The van der Waals surface area contributed by atoms with Gasteiger partial charge in [-0.05, 0) is 17.7 Å². The molecule has 126 valence electrons. The minimum Gasteiger partial charge on any atom is -0.354 e. The van der Waals surface area contributed by atoms with E-state index in [1.165, 1.54) is 5.56 Å². The quantitative estimate of drug-likeness (QED) is 0.782. The minimum atomic E-state index is 0.0898. The van der Waals surface area contributed by atoms with Crippen molar-refractivity contribution in [3.8, 4) is 11.3 Å². The summed E-state index contributed by atoms with van der Waals surface area (Å²) in [7, 11) is 0. The van der Waals surface area contributed by atoms with E-state index >= 15 is 0 Å². The van der Waals surface area contributed by atoms with Crippen LogP contribution in [0, 0.1) is 0 Å². The number of hydrogen-bond acceptors (Lipinski definition) is 4. The van der Waals surface area contributed by atoms with Crippen molar-refractivity contribution in [2.45, 2.75) is 12.0 Å². The van der Waals surface area contributed by atoms with Gasteiger partial charge in [0.2, 0.25) is 0 Å². The van der Waals surface area contributed by atoms with Gasteiger partial charge in [-0.3, -0.25) is 0 Å². The third-order valence-electron chi connectivity index (χ3n) is 4.69. The maximum absolute atomic E-state index is 6.41. The van der Waals surface area contributed by atoms with Gasteiger partial charge in [0.15, 0.2) is 0 Å². The van der Waals surface area contributed by atoms with Crippen molar-refractivity contribution in [3.63, 3.8) is 0 Å². The molecular formula is C20H19ClN4. The number of anilines is 1. The second-order valence-corrected chi connectivity index (χ2v) is 6.79. The van der Waals surface area contributed by atoms with E-state index in [1.807, 2.05) is 36.4 Å². The summed E-state index contributed by atoms with van der Waals surface area (Å²) in [5, 5.41) is 0.699. The molecule has 1 fully saturated rings. The SMILES string of the molecule is N[C@H]1CN(c2cc(-c3cccc(Cl)c3)ncn2)C[C@@H]1c1ccccc1. The Morgan fingerprint density at radius 2 is 1.80 bits per heavy atom. The van der Waals surface area contributed by atoms with Crippen molar-refractivity contribution in [1.29, 1.82) is 0 Å². The Morgan fingerprint density at radius 1 is 0.960 bits per heavy atom. The lowest BCUT2D eigenvalue weighted by molar-refractivity contribution is 0.653. The fraction of sp³-hybridized carbons (Fsp3) is 0.200. The van der Waals surface area contributed by atoms with Crippen LogP contribution < -0.4 is 10.6 Å².